The van der Waals surface area contributed by atoms with Crippen LogP contribution in [0.1, 0.15) is 36.9 Å². The fourth-order valence-electron chi connectivity index (χ4n) is 4.38. The molecule has 2 N–H and O–H groups in total. The van der Waals surface area contributed by atoms with Gasteiger partial charge in [-0.3, -0.25) is 4.99 Å². The van der Waals surface area contributed by atoms with Crippen molar-refractivity contribution in [2.24, 2.45) is 4.99 Å². The topological polar surface area (TPSA) is 85.1 Å². The van der Waals surface area contributed by atoms with E-state index in [-0.39, 0.29) is 6.54 Å². The Morgan fingerprint density at radius 3 is 2.83 bits per heavy atom. The number of nitrogens with one attached hydrogen (secondary N) is 2. The molecule has 1 atom stereocenters. The highest BCUT2D eigenvalue weighted by Crippen LogP contribution is 2.40. The van der Waals surface area contributed by atoms with E-state index < -0.39 is 11.8 Å². The highest BCUT2D eigenvalue weighted by molar-refractivity contribution is 6.19. The third-order valence-corrected chi connectivity index (χ3v) is 6.06. The Bertz CT molecular complexity index is 1250. The van der Waals surface area contributed by atoms with Crippen LogP contribution >= 0.6 is 0 Å². The number of halogens is 2. The van der Waals surface area contributed by atoms with Crippen LogP contribution < -0.4 is 15.4 Å². The Labute approximate surface area is 203 Å². The number of benzene rings is 1. The van der Waals surface area contributed by atoms with Gasteiger partial charge in [-0.15, -0.1) is 5.10 Å². The monoisotopic (exact) mass is 484 g/mol. The molecule has 0 aliphatic carbocycles. The summed E-state index contributed by atoms with van der Waals surface area (Å²) in [6.45, 7) is 2.27. The van der Waals surface area contributed by atoms with E-state index in [2.05, 4.69) is 25.7 Å². The zero-order chi connectivity index (χ0) is 25.0. The Kier molecular flexibility index (Phi) is 7.30. The molecule has 1 unspecified atom stereocenters. The van der Waals surface area contributed by atoms with Crippen LogP contribution in [0.2, 0.25) is 0 Å². The summed E-state index contributed by atoms with van der Waals surface area (Å²) in [5.74, 6) is -2.40. The van der Waals surface area contributed by atoms with Gasteiger partial charge in [0, 0.05) is 7.05 Å². The van der Waals surface area contributed by atoms with Gasteiger partial charge in [-0.25, -0.2) is 18.3 Å². The van der Waals surface area contributed by atoms with Gasteiger partial charge in [-0.1, -0.05) is 19.1 Å². The number of allylic oxidation sites excluding steroid dienone is 1. The Morgan fingerprint density at radius 2 is 2.14 bits per heavy atom. The van der Waals surface area contributed by atoms with Gasteiger partial charge < -0.3 is 20.1 Å². The van der Waals surface area contributed by atoms with Crippen molar-refractivity contribution in [3.8, 4) is 5.75 Å². The minimum absolute atomic E-state index is 0.324. The number of rotatable bonds is 7. The van der Waals surface area contributed by atoms with Crippen LogP contribution in [0.3, 0.4) is 0 Å². The molecule has 1 aliphatic heterocycles. The highest BCUT2D eigenvalue weighted by atomic mass is 19.3. The number of hydrogen-bond donors (Lipinski definition) is 2. The number of piperidine rings is 1. The van der Waals surface area contributed by atoms with Gasteiger partial charge in [0.25, 0.3) is 5.92 Å². The predicted octanol–water partition coefficient (Wildman–Crippen LogP) is 4.66. The third-order valence-electron chi connectivity index (χ3n) is 6.06. The zero-order valence-electron chi connectivity index (χ0n) is 20.3. The maximum atomic E-state index is 14.5. The van der Waals surface area contributed by atoms with Crippen molar-refractivity contribution in [1.82, 2.24) is 19.9 Å². The molecule has 1 aliphatic rings. The minimum atomic E-state index is -2.82. The first-order valence-electron chi connectivity index (χ1n) is 11.5. The fourth-order valence-corrected chi connectivity index (χ4v) is 4.38. The number of ether oxygens (including phenoxy) is 2. The third kappa shape index (κ3) is 4.97. The molecule has 0 saturated carbocycles. The van der Waals surface area contributed by atoms with Crippen molar-refractivity contribution >= 4 is 28.6 Å². The molecule has 1 aromatic carbocycles. The van der Waals surface area contributed by atoms with Crippen molar-refractivity contribution in [1.29, 1.82) is 0 Å². The molecular weight excluding hydrogens is 454 g/mol. The van der Waals surface area contributed by atoms with Crippen LogP contribution in [0.4, 0.5) is 20.4 Å². The van der Waals surface area contributed by atoms with E-state index in [0.29, 0.717) is 41.8 Å². The van der Waals surface area contributed by atoms with Gasteiger partial charge in [-0.2, -0.15) is 0 Å². The maximum Gasteiger partial charge on any atom is 0.267 e. The van der Waals surface area contributed by atoms with Gasteiger partial charge in [-0.05, 0) is 49.2 Å². The van der Waals surface area contributed by atoms with Crippen molar-refractivity contribution in [2.75, 3.05) is 39.7 Å². The molecule has 3 aromatic rings. The van der Waals surface area contributed by atoms with Crippen molar-refractivity contribution in [2.45, 2.75) is 31.6 Å². The number of anilines is 2. The van der Waals surface area contributed by atoms with Gasteiger partial charge in [0.1, 0.15) is 5.75 Å². The first kappa shape index (κ1) is 24.6. The lowest BCUT2D eigenvalue weighted by Crippen LogP contribution is -2.44. The molecule has 10 heteroatoms. The first-order valence-corrected chi connectivity index (χ1v) is 11.5. The maximum absolute atomic E-state index is 14.5. The normalized spacial score (nSPS) is 18.5. The molecule has 35 heavy (non-hydrogen) atoms. The molecule has 8 nitrogen and oxygen atoms in total. The van der Waals surface area contributed by atoms with Crippen molar-refractivity contribution in [3.63, 3.8) is 0 Å². The summed E-state index contributed by atoms with van der Waals surface area (Å²) >= 11 is 0. The predicted molar refractivity (Wildman–Crippen MR) is 133 cm³/mol. The van der Waals surface area contributed by atoms with E-state index in [9.17, 15) is 8.78 Å². The van der Waals surface area contributed by atoms with Crippen LogP contribution in [0, 0.1) is 0 Å². The number of aromatic nitrogens is 3. The Hall–Kier alpha value is -3.53. The first-order chi connectivity index (χ1) is 16.9. The molecule has 1 fully saturated rings. The van der Waals surface area contributed by atoms with E-state index >= 15 is 0 Å². The molecule has 0 radical (unpaired) electrons. The summed E-state index contributed by atoms with van der Waals surface area (Å²) in [7, 11) is 4.77. The summed E-state index contributed by atoms with van der Waals surface area (Å²) in [4.78, 5) is 8.65. The second-order valence-electron chi connectivity index (χ2n) is 8.26. The molecule has 0 amide bonds. The van der Waals surface area contributed by atoms with Crippen molar-refractivity contribution < 1.29 is 18.3 Å². The average Bonchev–Trinajstić information content (AvgIpc) is 3.27. The highest BCUT2D eigenvalue weighted by Gasteiger charge is 2.42. The second kappa shape index (κ2) is 10.4. The Morgan fingerprint density at radius 1 is 1.31 bits per heavy atom. The number of hydrogen-bond acceptors (Lipinski definition) is 7. The molecule has 2 aromatic heterocycles. The van der Waals surface area contributed by atoms with Gasteiger partial charge in [0.15, 0.2) is 0 Å². The second-order valence-corrected chi connectivity index (χ2v) is 8.26. The molecule has 0 bridgehead atoms. The summed E-state index contributed by atoms with van der Waals surface area (Å²) in [6.07, 6.45) is 4.88. The molecular formula is C25H30F2N6O2. The van der Waals surface area contributed by atoms with E-state index in [1.807, 2.05) is 25.1 Å². The lowest BCUT2D eigenvalue weighted by Gasteiger charge is -2.32. The van der Waals surface area contributed by atoms with E-state index in [0.717, 1.165) is 23.2 Å². The van der Waals surface area contributed by atoms with Gasteiger partial charge >= 0.3 is 0 Å². The van der Waals surface area contributed by atoms with Crippen LogP contribution in [0.25, 0.3) is 11.1 Å². The van der Waals surface area contributed by atoms with Crippen molar-refractivity contribution in [3.05, 3.63) is 53.9 Å². The SMILES string of the molecule is CC/C=C(\C(=NC)OC)c1ccc2cnc(Nc3ccc(C4CCNCC4(F)F)cc3OC)nn12. The summed E-state index contributed by atoms with van der Waals surface area (Å²) in [5.41, 5.74) is 3.56. The molecule has 4 rings (SSSR count). The van der Waals surface area contributed by atoms with E-state index in [1.165, 1.54) is 7.11 Å². The number of aliphatic imine (C=N–C) groups is 1. The molecule has 186 valence electrons. The van der Waals surface area contributed by atoms with Crippen LogP contribution in [-0.4, -0.2) is 60.8 Å². The molecule has 3 heterocycles. The van der Waals surface area contributed by atoms with E-state index in [4.69, 9.17) is 9.47 Å². The zero-order valence-corrected chi connectivity index (χ0v) is 20.3. The summed E-state index contributed by atoms with van der Waals surface area (Å²) in [6, 6.07) is 8.95. The van der Waals surface area contributed by atoms with Gasteiger partial charge in [0.2, 0.25) is 11.8 Å². The standard InChI is InChI=1S/C25H30F2N6O2/c1-5-6-18(23(28-2)35-4)21-10-8-17-14-30-24(32-33(17)21)31-20-9-7-16(13-22(20)34-3)19-11-12-29-15-25(19,26)27/h6-10,13-14,19,29H,5,11-12,15H2,1-4H3,(H,31,32)/b18-6-,28-23?. The lowest BCUT2D eigenvalue weighted by atomic mass is 9.87. The smallest absolute Gasteiger partial charge is 0.267 e. The van der Waals surface area contributed by atoms with Crippen LogP contribution in [0.15, 0.2) is 47.6 Å². The van der Waals surface area contributed by atoms with Gasteiger partial charge in [0.05, 0.1) is 55.4 Å². The fraction of sp³-hybridized carbons (Fsp3) is 0.400. The number of fused-ring (bicyclic) bond motifs is 1. The Balaban J connectivity index is 1.67. The quantitative estimate of drug-likeness (QED) is 0.375. The lowest BCUT2D eigenvalue weighted by molar-refractivity contribution is -0.0420. The summed E-state index contributed by atoms with van der Waals surface area (Å²) in [5, 5.41) is 10.6. The largest absolute Gasteiger partial charge is 0.495 e. The number of methoxy groups -OCH3 is 2. The van der Waals surface area contributed by atoms with Crippen LogP contribution in [-0.2, 0) is 4.74 Å². The van der Waals surface area contributed by atoms with Crippen LogP contribution in [0.5, 0.6) is 5.75 Å². The molecule has 1 saturated heterocycles. The number of nitrogens with zero attached hydrogens (tertiary/aromatic N) is 4. The summed E-state index contributed by atoms with van der Waals surface area (Å²) < 4.78 is 41.6. The number of alkyl halides is 2. The van der Waals surface area contributed by atoms with E-state index in [1.54, 1.807) is 43.1 Å². The minimum Gasteiger partial charge on any atom is -0.495 e. The average molecular weight is 485 g/mol. The molecule has 0 spiro atoms.